The van der Waals surface area contributed by atoms with E-state index in [0.717, 1.165) is 23.3 Å². The van der Waals surface area contributed by atoms with Crippen LogP contribution in [0.15, 0.2) is 85.1 Å². The minimum Gasteiger partial charge on any atom is -0.264 e. The summed E-state index contributed by atoms with van der Waals surface area (Å²) in [5.74, 6) is -0.230. The summed E-state index contributed by atoms with van der Waals surface area (Å²) in [7, 11) is 0. The van der Waals surface area contributed by atoms with Crippen molar-refractivity contribution in [1.29, 1.82) is 5.26 Å². The lowest BCUT2D eigenvalue weighted by Crippen LogP contribution is -2.23. The number of pyridine rings is 2. The summed E-state index contributed by atoms with van der Waals surface area (Å²) in [6.45, 7) is 0. The van der Waals surface area contributed by atoms with Gasteiger partial charge in [-0.25, -0.2) is 4.68 Å². The summed E-state index contributed by atoms with van der Waals surface area (Å²) in [4.78, 5) is 8.91. The molecule has 0 fully saturated rings. The van der Waals surface area contributed by atoms with E-state index in [-0.39, 0.29) is 17.9 Å². The van der Waals surface area contributed by atoms with Crippen LogP contribution in [-0.4, -0.2) is 25.0 Å². The molecule has 27 heavy (non-hydrogen) atoms. The van der Waals surface area contributed by atoms with Gasteiger partial charge in [0.1, 0.15) is 6.04 Å². The maximum Gasteiger partial charge on any atom is 0.107 e. The molecule has 0 aromatic carbocycles. The highest BCUT2D eigenvalue weighted by Gasteiger charge is 2.31. The summed E-state index contributed by atoms with van der Waals surface area (Å²) in [6, 6.07) is 12.0. The number of nitriles is 1. The van der Waals surface area contributed by atoms with Crippen molar-refractivity contribution in [2.24, 2.45) is 5.92 Å². The molecule has 3 atom stereocenters. The van der Waals surface area contributed by atoms with Crippen molar-refractivity contribution in [2.75, 3.05) is 0 Å². The van der Waals surface area contributed by atoms with Crippen LogP contribution in [0.5, 0.6) is 0 Å². The fourth-order valence-corrected chi connectivity index (χ4v) is 3.50. The van der Waals surface area contributed by atoms with E-state index in [1.54, 1.807) is 18.6 Å². The van der Waals surface area contributed by atoms with Crippen LogP contribution in [0.2, 0.25) is 0 Å². The van der Waals surface area contributed by atoms with Gasteiger partial charge in [0.15, 0.2) is 0 Å². The first-order valence-electron chi connectivity index (χ1n) is 8.81. The fourth-order valence-electron chi connectivity index (χ4n) is 3.50. The standard InChI is InChI=1S/C21H18N6/c22-14-16-5-3-6-17(13-16)20(18-7-4-9-23-15-18)21(27-12-11-25-26-27)19-8-1-2-10-24-19/h1-4,6-13,15-16,20-21H,5H2. The van der Waals surface area contributed by atoms with Gasteiger partial charge >= 0.3 is 0 Å². The van der Waals surface area contributed by atoms with Crippen LogP contribution in [0.1, 0.15) is 29.6 Å². The number of allylic oxidation sites excluding steroid dienone is 4. The molecule has 0 N–H and O–H groups in total. The van der Waals surface area contributed by atoms with Gasteiger partial charge in [-0.15, -0.1) is 5.10 Å². The average Bonchev–Trinajstić information content (AvgIpc) is 3.27. The van der Waals surface area contributed by atoms with Gasteiger partial charge in [-0.05, 0) is 35.8 Å². The van der Waals surface area contributed by atoms with E-state index >= 15 is 0 Å². The molecule has 3 aromatic heterocycles. The Morgan fingerprint density at radius 3 is 2.81 bits per heavy atom. The van der Waals surface area contributed by atoms with Gasteiger partial charge in [0.2, 0.25) is 0 Å². The van der Waals surface area contributed by atoms with Crippen LogP contribution in [0.3, 0.4) is 0 Å². The third-order valence-electron chi connectivity index (χ3n) is 4.69. The topological polar surface area (TPSA) is 80.3 Å². The van der Waals surface area contributed by atoms with Crippen molar-refractivity contribution < 1.29 is 0 Å². The highest BCUT2D eigenvalue weighted by atomic mass is 15.4. The second-order valence-electron chi connectivity index (χ2n) is 6.39. The Bertz CT molecular complexity index is 971. The first-order chi connectivity index (χ1) is 13.4. The number of rotatable bonds is 5. The van der Waals surface area contributed by atoms with E-state index in [4.69, 9.17) is 0 Å². The summed E-state index contributed by atoms with van der Waals surface area (Å²) in [5, 5.41) is 17.7. The fraction of sp³-hybridized carbons (Fsp3) is 0.190. The van der Waals surface area contributed by atoms with Crippen LogP contribution in [0.4, 0.5) is 0 Å². The van der Waals surface area contributed by atoms with Gasteiger partial charge < -0.3 is 0 Å². The number of nitrogens with zero attached hydrogens (tertiary/aromatic N) is 6. The lowest BCUT2D eigenvalue weighted by Gasteiger charge is -2.29. The summed E-state index contributed by atoms with van der Waals surface area (Å²) < 4.78 is 1.82. The molecule has 0 amide bonds. The first kappa shape index (κ1) is 16.9. The van der Waals surface area contributed by atoms with Crippen LogP contribution in [-0.2, 0) is 0 Å². The van der Waals surface area contributed by atoms with Crippen molar-refractivity contribution in [1.82, 2.24) is 25.0 Å². The van der Waals surface area contributed by atoms with Gasteiger partial charge in [0, 0.05) is 30.7 Å². The molecule has 3 heterocycles. The predicted octanol–water partition coefficient (Wildman–Crippen LogP) is 3.47. The molecule has 0 saturated heterocycles. The third kappa shape index (κ3) is 3.53. The molecular formula is C21H18N6. The van der Waals surface area contributed by atoms with E-state index in [0.29, 0.717) is 0 Å². The quantitative estimate of drug-likeness (QED) is 0.701. The second-order valence-corrected chi connectivity index (χ2v) is 6.39. The van der Waals surface area contributed by atoms with Crippen LogP contribution in [0.25, 0.3) is 0 Å². The summed E-state index contributed by atoms with van der Waals surface area (Å²) in [6.07, 6.45) is 15.8. The third-order valence-corrected chi connectivity index (χ3v) is 4.69. The van der Waals surface area contributed by atoms with E-state index in [9.17, 15) is 5.26 Å². The zero-order chi connectivity index (χ0) is 18.5. The Morgan fingerprint density at radius 2 is 2.11 bits per heavy atom. The molecule has 132 valence electrons. The molecule has 3 aromatic rings. The maximum absolute atomic E-state index is 9.42. The van der Waals surface area contributed by atoms with E-state index in [1.807, 2.05) is 47.4 Å². The zero-order valence-electron chi connectivity index (χ0n) is 14.6. The Labute approximate surface area is 157 Å². The molecule has 1 aliphatic rings. The van der Waals surface area contributed by atoms with E-state index in [1.165, 1.54) is 0 Å². The van der Waals surface area contributed by atoms with Gasteiger partial charge in [0.05, 0.1) is 23.9 Å². The predicted molar refractivity (Wildman–Crippen MR) is 100 cm³/mol. The van der Waals surface area contributed by atoms with Gasteiger partial charge in [-0.3, -0.25) is 9.97 Å². The molecular weight excluding hydrogens is 336 g/mol. The van der Waals surface area contributed by atoms with Crippen LogP contribution in [0, 0.1) is 17.2 Å². The monoisotopic (exact) mass is 354 g/mol. The first-order valence-corrected chi connectivity index (χ1v) is 8.81. The Morgan fingerprint density at radius 1 is 1.15 bits per heavy atom. The Balaban J connectivity index is 1.89. The smallest absolute Gasteiger partial charge is 0.107 e. The van der Waals surface area contributed by atoms with Crippen molar-refractivity contribution >= 4 is 0 Å². The molecule has 0 saturated carbocycles. The van der Waals surface area contributed by atoms with E-state index in [2.05, 4.69) is 44.6 Å². The van der Waals surface area contributed by atoms with Crippen molar-refractivity contribution in [3.05, 3.63) is 96.4 Å². The molecule has 0 bridgehead atoms. The lowest BCUT2D eigenvalue weighted by atomic mass is 9.80. The minimum atomic E-state index is -0.203. The maximum atomic E-state index is 9.42. The van der Waals surface area contributed by atoms with Gasteiger partial charge in [0.25, 0.3) is 0 Å². The van der Waals surface area contributed by atoms with Crippen molar-refractivity contribution in [3.8, 4) is 6.07 Å². The van der Waals surface area contributed by atoms with Crippen LogP contribution < -0.4 is 0 Å². The average molecular weight is 354 g/mol. The molecule has 6 nitrogen and oxygen atoms in total. The normalized spacial score (nSPS) is 18.3. The Hall–Kier alpha value is -3.59. The summed E-state index contributed by atoms with van der Waals surface area (Å²) in [5.41, 5.74) is 2.98. The molecule has 0 aliphatic heterocycles. The lowest BCUT2D eigenvalue weighted by molar-refractivity contribution is 0.448. The van der Waals surface area contributed by atoms with Crippen LogP contribution >= 0.6 is 0 Å². The SMILES string of the molecule is N#CC1C=C(C(c2cccnc2)C(c2ccccn2)n2ccnn2)C=CC1. The minimum absolute atomic E-state index is 0.0947. The van der Waals surface area contributed by atoms with Crippen molar-refractivity contribution in [3.63, 3.8) is 0 Å². The van der Waals surface area contributed by atoms with E-state index < -0.39 is 0 Å². The van der Waals surface area contributed by atoms with Gasteiger partial charge in [-0.1, -0.05) is 35.6 Å². The molecule has 3 unspecified atom stereocenters. The Kier molecular flexibility index (Phi) is 4.84. The molecule has 0 radical (unpaired) electrons. The largest absolute Gasteiger partial charge is 0.264 e. The molecule has 0 spiro atoms. The molecule has 6 heteroatoms. The molecule has 1 aliphatic carbocycles. The van der Waals surface area contributed by atoms with Crippen molar-refractivity contribution in [2.45, 2.75) is 18.4 Å². The second kappa shape index (κ2) is 7.75. The number of hydrogen-bond donors (Lipinski definition) is 0. The highest BCUT2D eigenvalue weighted by Crippen LogP contribution is 2.40. The number of aromatic nitrogens is 5. The molecule has 4 rings (SSSR count). The van der Waals surface area contributed by atoms with Gasteiger partial charge in [-0.2, -0.15) is 5.26 Å². The highest BCUT2D eigenvalue weighted by molar-refractivity contribution is 5.41. The zero-order valence-corrected chi connectivity index (χ0v) is 14.6. The number of hydrogen-bond acceptors (Lipinski definition) is 5. The summed E-state index contributed by atoms with van der Waals surface area (Å²) >= 11 is 0.